The van der Waals surface area contributed by atoms with E-state index in [2.05, 4.69) is 20.8 Å². The summed E-state index contributed by atoms with van der Waals surface area (Å²) in [6, 6.07) is 6.89. The molecule has 24 heavy (non-hydrogen) atoms. The van der Waals surface area contributed by atoms with Crippen molar-refractivity contribution in [2.75, 3.05) is 11.9 Å². The van der Waals surface area contributed by atoms with Crippen LogP contribution in [0.4, 0.5) is 5.13 Å². The highest BCUT2D eigenvalue weighted by molar-refractivity contribution is 7.15. The van der Waals surface area contributed by atoms with Gasteiger partial charge in [0, 0.05) is 19.4 Å². The molecule has 0 aliphatic heterocycles. The molecule has 0 bridgehead atoms. The van der Waals surface area contributed by atoms with Crippen molar-refractivity contribution in [2.45, 2.75) is 32.6 Å². The van der Waals surface area contributed by atoms with Gasteiger partial charge in [-0.1, -0.05) is 48.4 Å². The minimum atomic E-state index is -0.224. The first-order valence-corrected chi connectivity index (χ1v) is 8.94. The Morgan fingerprint density at radius 2 is 2.04 bits per heavy atom. The third-order valence-electron chi connectivity index (χ3n) is 3.21. The van der Waals surface area contributed by atoms with Crippen LogP contribution in [-0.4, -0.2) is 28.6 Å². The van der Waals surface area contributed by atoms with Gasteiger partial charge >= 0.3 is 0 Å². The highest BCUT2D eigenvalue weighted by Gasteiger charge is 2.11. The van der Waals surface area contributed by atoms with E-state index in [4.69, 9.17) is 11.6 Å². The van der Waals surface area contributed by atoms with E-state index >= 15 is 0 Å². The van der Waals surface area contributed by atoms with Crippen molar-refractivity contribution in [3.63, 3.8) is 0 Å². The van der Waals surface area contributed by atoms with E-state index in [0.29, 0.717) is 35.1 Å². The Bertz CT molecular complexity index is 705. The highest BCUT2D eigenvalue weighted by atomic mass is 35.5. The van der Waals surface area contributed by atoms with Gasteiger partial charge in [-0.2, -0.15) is 0 Å². The molecule has 0 saturated carbocycles. The maximum absolute atomic E-state index is 12.0. The SMILES string of the molecule is CCCCC(=O)Nc1nnc(CCNC(=O)c2ccccc2Cl)s1. The molecule has 1 aromatic heterocycles. The molecule has 6 nitrogen and oxygen atoms in total. The number of rotatable bonds is 8. The highest BCUT2D eigenvalue weighted by Crippen LogP contribution is 2.17. The third-order valence-corrected chi connectivity index (χ3v) is 4.44. The fourth-order valence-electron chi connectivity index (χ4n) is 1.95. The summed E-state index contributed by atoms with van der Waals surface area (Å²) >= 11 is 7.30. The van der Waals surface area contributed by atoms with Gasteiger partial charge in [0.05, 0.1) is 10.6 Å². The second-order valence-corrected chi connectivity index (χ2v) is 6.61. The number of nitrogens with zero attached hydrogens (tertiary/aromatic N) is 2. The topological polar surface area (TPSA) is 84.0 Å². The van der Waals surface area contributed by atoms with E-state index in [1.165, 1.54) is 11.3 Å². The summed E-state index contributed by atoms with van der Waals surface area (Å²) in [6.07, 6.45) is 2.85. The molecule has 0 spiro atoms. The molecule has 0 aliphatic rings. The first kappa shape index (κ1) is 18.4. The van der Waals surface area contributed by atoms with Gasteiger partial charge < -0.3 is 10.6 Å². The zero-order valence-electron chi connectivity index (χ0n) is 13.3. The average Bonchev–Trinajstić information content (AvgIpc) is 3.00. The van der Waals surface area contributed by atoms with Crippen molar-refractivity contribution in [1.82, 2.24) is 15.5 Å². The number of unbranched alkanes of at least 4 members (excludes halogenated alkanes) is 1. The molecule has 0 fully saturated rings. The number of amides is 2. The summed E-state index contributed by atoms with van der Waals surface area (Å²) in [4.78, 5) is 23.7. The lowest BCUT2D eigenvalue weighted by Crippen LogP contribution is -2.25. The zero-order chi connectivity index (χ0) is 17.4. The Morgan fingerprint density at radius 1 is 1.25 bits per heavy atom. The number of carbonyl (C=O) groups excluding carboxylic acids is 2. The lowest BCUT2D eigenvalue weighted by Gasteiger charge is -2.05. The maximum Gasteiger partial charge on any atom is 0.252 e. The molecule has 2 rings (SSSR count). The van der Waals surface area contributed by atoms with E-state index in [1.807, 2.05) is 6.92 Å². The Kier molecular flexibility index (Phi) is 7.14. The molecular formula is C16H19ClN4O2S. The first-order valence-electron chi connectivity index (χ1n) is 7.75. The average molecular weight is 367 g/mol. The summed E-state index contributed by atoms with van der Waals surface area (Å²) in [5.41, 5.74) is 0.445. The van der Waals surface area contributed by atoms with Crippen molar-refractivity contribution < 1.29 is 9.59 Å². The lowest BCUT2D eigenvalue weighted by molar-refractivity contribution is -0.116. The van der Waals surface area contributed by atoms with Crippen LogP contribution in [0.2, 0.25) is 5.02 Å². The predicted molar refractivity (Wildman–Crippen MR) is 95.6 cm³/mol. The molecule has 0 unspecified atom stereocenters. The fraction of sp³-hybridized carbons (Fsp3) is 0.375. The minimum absolute atomic E-state index is 0.0495. The van der Waals surface area contributed by atoms with E-state index in [0.717, 1.165) is 17.8 Å². The van der Waals surface area contributed by atoms with Gasteiger partial charge in [-0.05, 0) is 18.6 Å². The molecular weight excluding hydrogens is 348 g/mol. The van der Waals surface area contributed by atoms with Gasteiger partial charge in [-0.25, -0.2) is 0 Å². The molecule has 128 valence electrons. The van der Waals surface area contributed by atoms with Gasteiger partial charge in [-0.15, -0.1) is 10.2 Å². The van der Waals surface area contributed by atoms with Crippen molar-refractivity contribution in [1.29, 1.82) is 0 Å². The van der Waals surface area contributed by atoms with Crippen LogP contribution in [0.1, 0.15) is 41.6 Å². The van der Waals surface area contributed by atoms with Gasteiger partial charge in [0.25, 0.3) is 5.91 Å². The van der Waals surface area contributed by atoms with E-state index in [-0.39, 0.29) is 11.8 Å². The predicted octanol–water partition coefficient (Wildman–Crippen LogP) is 3.29. The first-order chi connectivity index (χ1) is 11.6. The van der Waals surface area contributed by atoms with Crippen LogP contribution in [0.3, 0.4) is 0 Å². The smallest absolute Gasteiger partial charge is 0.252 e. The quantitative estimate of drug-likeness (QED) is 0.750. The molecule has 1 heterocycles. The van der Waals surface area contributed by atoms with Crippen LogP contribution >= 0.6 is 22.9 Å². The van der Waals surface area contributed by atoms with Crippen LogP contribution in [0.15, 0.2) is 24.3 Å². The number of aromatic nitrogens is 2. The second kappa shape index (κ2) is 9.34. The summed E-state index contributed by atoms with van der Waals surface area (Å²) in [7, 11) is 0. The van der Waals surface area contributed by atoms with Crippen LogP contribution in [-0.2, 0) is 11.2 Å². The molecule has 0 saturated heterocycles. The van der Waals surface area contributed by atoms with Crippen molar-refractivity contribution in [3.05, 3.63) is 39.9 Å². The number of nitrogens with one attached hydrogen (secondary N) is 2. The number of carbonyl (C=O) groups is 2. The molecule has 2 aromatic rings. The standard InChI is InChI=1S/C16H19ClN4O2S/c1-2-3-8-13(22)19-16-21-20-14(24-16)9-10-18-15(23)11-6-4-5-7-12(11)17/h4-7H,2-3,8-10H2,1H3,(H,18,23)(H,19,21,22). The molecule has 1 aromatic carbocycles. The Morgan fingerprint density at radius 3 is 2.79 bits per heavy atom. The number of anilines is 1. The fourth-order valence-corrected chi connectivity index (χ4v) is 2.92. The van der Waals surface area contributed by atoms with Crippen molar-refractivity contribution in [2.24, 2.45) is 0 Å². The largest absolute Gasteiger partial charge is 0.352 e. The monoisotopic (exact) mass is 366 g/mol. The van der Waals surface area contributed by atoms with Crippen LogP contribution < -0.4 is 10.6 Å². The molecule has 0 radical (unpaired) electrons. The Hall–Kier alpha value is -1.99. The maximum atomic E-state index is 12.0. The number of halogens is 1. The second-order valence-electron chi connectivity index (χ2n) is 5.14. The Labute approximate surface area is 149 Å². The molecule has 2 N–H and O–H groups in total. The Balaban J connectivity index is 1.78. The number of hydrogen-bond acceptors (Lipinski definition) is 5. The van der Waals surface area contributed by atoms with Crippen LogP contribution in [0.5, 0.6) is 0 Å². The van der Waals surface area contributed by atoms with E-state index < -0.39 is 0 Å². The van der Waals surface area contributed by atoms with Gasteiger partial charge in [0.1, 0.15) is 5.01 Å². The zero-order valence-corrected chi connectivity index (χ0v) is 14.9. The molecule has 8 heteroatoms. The third kappa shape index (κ3) is 5.58. The van der Waals surface area contributed by atoms with Crippen molar-refractivity contribution in [3.8, 4) is 0 Å². The van der Waals surface area contributed by atoms with E-state index in [1.54, 1.807) is 24.3 Å². The van der Waals surface area contributed by atoms with Gasteiger partial charge in [-0.3, -0.25) is 9.59 Å². The minimum Gasteiger partial charge on any atom is -0.352 e. The van der Waals surface area contributed by atoms with Crippen LogP contribution in [0, 0.1) is 0 Å². The number of benzene rings is 1. The van der Waals surface area contributed by atoms with E-state index in [9.17, 15) is 9.59 Å². The van der Waals surface area contributed by atoms with Crippen LogP contribution in [0.25, 0.3) is 0 Å². The van der Waals surface area contributed by atoms with Gasteiger partial charge in [0.15, 0.2) is 0 Å². The molecule has 0 atom stereocenters. The summed E-state index contributed by atoms with van der Waals surface area (Å²) in [5, 5.41) is 15.1. The molecule has 2 amide bonds. The number of hydrogen-bond donors (Lipinski definition) is 2. The molecule has 0 aliphatic carbocycles. The van der Waals surface area contributed by atoms with Crippen molar-refractivity contribution >= 4 is 39.9 Å². The van der Waals surface area contributed by atoms with Gasteiger partial charge in [0.2, 0.25) is 11.0 Å². The summed E-state index contributed by atoms with van der Waals surface area (Å²) < 4.78 is 0. The summed E-state index contributed by atoms with van der Waals surface area (Å²) in [5.74, 6) is -0.273. The normalized spacial score (nSPS) is 10.4. The summed E-state index contributed by atoms with van der Waals surface area (Å²) in [6.45, 7) is 2.45. The lowest BCUT2D eigenvalue weighted by atomic mass is 10.2.